The molecule has 3 atom stereocenters. The summed E-state index contributed by atoms with van der Waals surface area (Å²) in [7, 11) is 0. The van der Waals surface area contributed by atoms with Crippen LogP contribution in [0.1, 0.15) is 47.0 Å². The van der Waals surface area contributed by atoms with E-state index < -0.39 is 36.6 Å². The van der Waals surface area contributed by atoms with E-state index in [1.807, 2.05) is 0 Å². The summed E-state index contributed by atoms with van der Waals surface area (Å²) >= 11 is 0. The molecule has 0 aromatic heterocycles. The molecule has 2 N–H and O–H groups in total. The molecule has 25 heavy (non-hydrogen) atoms. The average molecular weight is 353 g/mol. The number of nitrogens with one attached hydrogen (secondary N) is 2. The number of esters is 1. The summed E-state index contributed by atoms with van der Waals surface area (Å²) in [4.78, 5) is 48.3. The number of carbonyl (C=O) groups excluding carboxylic acids is 4. The molecule has 0 radical (unpaired) electrons. The molecule has 0 aromatic rings. The van der Waals surface area contributed by atoms with Gasteiger partial charge in [0.05, 0.1) is 0 Å². The Bertz CT molecular complexity index is 575. The minimum atomic E-state index is -1.04. The molecule has 0 bridgehead atoms. The predicted octanol–water partition coefficient (Wildman–Crippen LogP) is 0.801. The zero-order valence-corrected chi connectivity index (χ0v) is 15.3. The molecule has 8 nitrogen and oxygen atoms in total. The lowest BCUT2D eigenvalue weighted by Gasteiger charge is -2.34. The number of nitrogens with zero attached hydrogens (tertiary/aromatic N) is 1. The van der Waals surface area contributed by atoms with Crippen LogP contribution >= 0.6 is 0 Å². The third-order valence-electron chi connectivity index (χ3n) is 5.15. The van der Waals surface area contributed by atoms with Crippen molar-refractivity contribution in [2.24, 2.45) is 11.8 Å². The van der Waals surface area contributed by atoms with Crippen LogP contribution < -0.4 is 10.6 Å². The molecule has 1 aliphatic heterocycles. The topological polar surface area (TPSA) is 105 Å². The Morgan fingerprint density at radius 3 is 2.56 bits per heavy atom. The molecule has 140 valence electrons. The quantitative estimate of drug-likeness (QED) is 0.562. The van der Waals surface area contributed by atoms with Crippen LogP contribution in [0.15, 0.2) is 0 Å². The number of carbonyl (C=O) groups is 4. The summed E-state index contributed by atoms with van der Waals surface area (Å²) in [5.74, 6) is -0.728. The second-order valence-corrected chi connectivity index (χ2v) is 7.55. The first-order chi connectivity index (χ1) is 11.6. The van der Waals surface area contributed by atoms with E-state index in [-0.39, 0.29) is 11.9 Å². The summed E-state index contributed by atoms with van der Waals surface area (Å²) < 4.78 is 4.91. The number of amides is 4. The van der Waals surface area contributed by atoms with Gasteiger partial charge in [-0.05, 0) is 32.1 Å². The molecule has 1 saturated carbocycles. The van der Waals surface area contributed by atoms with Gasteiger partial charge in [0, 0.05) is 6.04 Å². The van der Waals surface area contributed by atoms with Gasteiger partial charge in [0.25, 0.3) is 11.8 Å². The highest BCUT2D eigenvalue weighted by molar-refractivity contribution is 6.08. The van der Waals surface area contributed by atoms with Gasteiger partial charge >= 0.3 is 12.0 Å². The number of hydrogen-bond acceptors (Lipinski definition) is 5. The molecule has 2 rings (SSSR count). The van der Waals surface area contributed by atoms with Crippen molar-refractivity contribution in [3.8, 4) is 0 Å². The minimum absolute atomic E-state index is 0.0849. The van der Waals surface area contributed by atoms with Gasteiger partial charge in [-0.1, -0.05) is 26.7 Å². The summed E-state index contributed by atoms with van der Waals surface area (Å²) in [6.45, 7) is 6.47. The van der Waals surface area contributed by atoms with Gasteiger partial charge < -0.3 is 15.4 Å². The van der Waals surface area contributed by atoms with Gasteiger partial charge in [-0.3, -0.25) is 19.3 Å². The van der Waals surface area contributed by atoms with Crippen molar-refractivity contribution in [3.05, 3.63) is 0 Å². The minimum Gasteiger partial charge on any atom is -0.454 e. The predicted molar refractivity (Wildman–Crippen MR) is 89.4 cm³/mol. The summed E-state index contributed by atoms with van der Waals surface area (Å²) in [5.41, 5.74) is -1.04. The van der Waals surface area contributed by atoms with Gasteiger partial charge in [-0.25, -0.2) is 4.79 Å². The zero-order valence-electron chi connectivity index (χ0n) is 15.3. The summed E-state index contributed by atoms with van der Waals surface area (Å²) in [6.07, 6.45) is 3.14. The van der Waals surface area contributed by atoms with E-state index in [4.69, 9.17) is 4.74 Å². The highest BCUT2D eigenvalue weighted by Gasteiger charge is 2.45. The molecule has 4 amide bonds. The number of urea groups is 1. The molecule has 1 aliphatic carbocycles. The Kier molecular flexibility index (Phi) is 5.69. The molecule has 2 aliphatic rings. The molecule has 0 aromatic carbocycles. The van der Waals surface area contributed by atoms with Crippen LogP contribution in [-0.2, 0) is 19.1 Å². The van der Waals surface area contributed by atoms with Gasteiger partial charge in [0.1, 0.15) is 12.1 Å². The SMILES string of the molecule is C[C@@H]1[C@@H](C)CCC[C@H]1NC(=O)COC(=O)CN1C(=O)NC(C)(C)C1=O. The second kappa shape index (κ2) is 7.41. The van der Waals surface area contributed by atoms with Crippen molar-refractivity contribution in [2.75, 3.05) is 13.2 Å². The van der Waals surface area contributed by atoms with E-state index in [0.717, 1.165) is 24.2 Å². The molecular weight excluding hydrogens is 326 g/mol. The van der Waals surface area contributed by atoms with Crippen LogP contribution in [0.5, 0.6) is 0 Å². The molecule has 0 unspecified atom stereocenters. The van der Waals surface area contributed by atoms with Gasteiger partial charge in [0.2, 0.25) is 0 Å². The fourth-order valence-corrected chi connectivity index (χ4v) is 3.32. The fourth-order valence-electron chi connectivity index (χ4n) is 3.32. The number of rotatable bonds is 5. The van der Waals surface area contributed by atoms with E-state index in [1.54, 1.807) is 13.8 Å². The Hall–Kier alpha value is -2.12. The third kappa shape index (κ3) is 4.49. The maximum Gasteiger partial charge on any atom is 0.326 e. The van der Waals surface area contributed by atoms with Crippen LogP contribution in [0, 0.1) is 11.8 Å². The largest absolute Gasteiger partial charge is 0.454 e. The first-order valence-corrected chi connectivity index (χ1v) is 8.71. The lowest BCUT2D eigenvalue weighted by Crippen LogP contribution is -2.45. The normalized spacial score (nSPS) is 28.5. The van der Waals surface area contributed by atoms with Crippen molar-refractivity contribution in [3.63, 3.8) is 0 Å². The third-order valence-corrected chi connectivity index (χ3v) is 5.15. The molecule has 1 saturated heterocycles. The van der Waals surface area contributed by atoms with E-state index >= 15 is 0 Å². The Morgan fingerprint density at radius 2 is 1.96 bits per heavy atom. The average Bonchev–Trinajstić information content (AvgIpc) is 2.72. The maximum atomic E-state index is 12.0. The lowest BCUT2D eigenvalue weighted by atomic mass is 9.78. The van der Waals surface area contributed by atoms with Crippen molar-refractivity contribution in [2.45, 2.75) is 58.5 Å². The Labute approximate surface area is 147 Å². The van der Waals surface area contributed by atoms with E-state index in [2.05, 4.69) is 24.5 Å². The Balaban J connectivity index is 1.77. The van der Waals surface area contributed by atoms with Crippen LogP contribution in [0.25, 0.3) is 0 Å². The van der Waals surface area contributed by atoms with Gasteiger partial charge in [0.15, 0.2) is 6.61 Å². The fraction of sp³-hybridized carbons (Fsp3) is 0.765. The summed E-state index contributed by atoms with van der Waals surface area (Å²) in [6, 6.07) is -0.553. The van der Waals surface area contributed by atoms with Crippen LogP contribution in [-0.4, -0.2) is 53.4 Å². The zero-order chi connectivity index (χ0) is 18.8. The maximum absolute atomic E-state index is 12.0. The molecule has 2 fully saturated rings. The highest BCUT2D eigenvalue weighted by Crippen LogP contribution is 2.29. The molecule has 0 spiro atoms. The number of imide groups is 1. The number of ether oxygens (including phenoxy) is 1. The Morgan fingerprint density at radius 1 is 1.28 bits per heavy atom. The first kappa shape index (κ1) is 19.2. The van der Waals surface area contributed by atoms with Crippen molar-refractivity contribution >= 4 is 23.8 Å². The molecule has 8 heteroatoms. The molecule has 1 heterocycles. The lowest BCUT2D eigenvalue weighted by molar-refractivity contribution is -0.151. The van der Waals surface area contributed by atoms with E-state index in [0.29, 0.717) is 11.8 Å². The van der Waals surface area contributed by atoms with Crippen molar-refractivity contribution in [1.82, 2.24) is 15.5 Å². The first-order valence-electron chi connectivity index (χ1n) is 8.71. The van der Waals surface area contributed by atoms with Crippen LogP contribution in [0.2, 0.25) is 0 Å². The van der Waals surface area contributed by atoms with E-state index in [9.17, 15) is 19.2 Å². The van der Waals surface area contributed by atoms with Gasteiger partial charge in [-0.15, -0.1) is 0 Å². The monoisotopic (exact) mass is 353 g/mol. The van der Waals surface area contributed by atoms with Crippen LogP contribution in [0.3, 0.4) is 0 Å². The summed E-state index contributed by atoms with van der Waals surface area (Å²) in [5, 5.41) is 5.38. The highest BCUT2D eigenvalue weighted by atomic mass is 16.5. The number of hydrogen-bond donors (Lipinski definition) is 2. The molecular formula is C17H27N3O5. The van der Waals surface area contributed by atoms with E-state index in [1.165, 1.54) is 0 Å². The van der Waals surface area contributed by atoms with Crippen LogP contribution in [0.4, 0.5) is 4.79 Å². The standard InChI is InChI=1S/C17H27N3O5/c1-10-6-5-7-12(11(10)2)18-13(21)9-25-14(22)8-20-15(23)17(3,4)19-16(20)24/h10-12H,5-9H2,1-4H3,(H,18,21)(H,19,24)/t10-,11+,12+/m0/s1. The smallest absolute Gasteiger partial charge is 0.326 e. The second-order valence-electron chi connectivity index (χ2n) is 7.55. The van der Waals surface area contributed by atoms with Crippen molar-refractivity contribution in [1.29, 1.82) is 0 Å². The van der Waals surface area contributed by atoms with Gasteiger partial charge in [-0.2, -0.15) is 0 Å². The van der Waals surface area contributed by atoms with Crippen molar-refractivity contribution < 1.29 is 23.9 Å².